The van der Waals surface area contributed by atoms with Gasteiger partial charge in [-0.3, -0.25) is 19.9 Å². The minimum absolute atomic E-state index is 0.0115. The van der Waals surface area contributed by atoms with Gasteiger partial charge < -0.3 is 15.5 Å². The number of aromatic nitrogens is 1. The summed E-state index contributed by atoms with van der Waals surface area (Å²) in [5.74, 6) is -0.0543. The van der Waals surface area contributed by atoms with Crippen LogP contribution in [-0.4, -0.2) is 52.9 Å². The summed E-state index contributed by atoms with van der Waals surface area (Å²) < 4.78 is 0. The molecule has 0 saturated carbocycles. The summed E-state index contributed by atoms with van der Waals surface area (Å²) in [6.45, 7) is 4.01. The maximum atomic E-state index is 12.0. The van der Waals surface area contributed by atoms with Gasteiger partial charge in [-0.1, -0.05) is 6.92 Å². The van der Waals surface area contributed by atoms with Crippen LogP contribution in [0.4, 0.5) is 11.4 Å². The van der Waals surface area contributed by atoms with Gasteiger partial charge in [-0.25, -0.2) is 0 Å². The minimum Gasteiger partial charge on any atom is -0.362 e. The molecule has 1 aliphatic rings. The molecular formula is C13H19N5O3. The lowest BCUT2D eigenvalue weighted by molar-refractivity contribution is -0.384. The van der Waals surface area contributed by atoms with Crippen LogP contribution >= 0.6 is 0 Å². The number of piperazine rings is 1. The van der Waals surface area contributed by atoms with E-state index in [-0.39, 0.29) is 11.6 Å². The second-order valence-corrected chi connectivity index (χ2v) is 4.95. The molecule has 0 aliphatic carbocycles. The van der Waals surface area contributed by atoms with Crippen LogP contribution in [0.2, 0.25) is 0 Å². The lowest BCUT2D eigenvalue weighted by Gasteiger charge is -2.36. The zero-order chi connectivity index (χ0) is 15.4. The fraction of sp³-hybridized carbons (Fsp3) is 0.538. The SMILES string of the molecule is CC[C@@H](N)C(=O)N1CCN(c2ccncc2[N+](=O)[O-])CC1. The van der Waals surface area contributed by atoms with E-state index in [4.69, 9.17) is 5.73 Å². The summed E-state index contributed by atoms with van der Waals surface area (Å²) in [6.07, 6.45) is 3.39. The van der Waals surface area contributed by atoms with Crippen LogP contribution in [0.1, 0.15) is 13.3 Å². The number of nitrogens with zero attached hydrogens (tertiary/aromatic N) is 4. The van der Waals surface area contributed by atoms with Crippen LogP contribution in [-0.2, 0) is 4.79 Å². The van der Waals surface area contributed by atoms with Crippen molar-refractivity contribution >= 4 is 17.3 Å². The summed E-state index contributed by atoms with van der Waals surface area (Å²) in [6, 6.07) is 1.17. The molecule has 1 aliphatic heterocycles. The van der Waals surface area contributed by atoms with Crippen molar-refractivity contribution in [3.05, 3.63) is 28.6 Å². The molecule has 8 nitrogen and oxygen atoms in total. The minimum atomic E-state index is -0.466. The highest BCUT2D eigenvalue weighted by atomic mass is 16.6. The number of hydrogen-bond donors (Lipinski definition) is 1. The number of carbonyl (C=O) groups is 1. The van der Waals surface area contributed by atoms with Crippen molar-refractivity contribution in [2.24, 2.45) is 5.73 Å². The van der Waals surface area contributed by atoms with Gasteiger partial charge in [-0.15, -0.1) is 0 Å². The van der Waals surface area contributed by atoms with Crippen LogP contribution in [0.3, 0.4) is 0 Å². The van der Waals surface area contributed by atoms with Crippen LogP contribution in [0.15, 0.2) is 18.5 Å². The molecule has 0 spiro atoms. The third-order valence-corrected chi connectivity index (χ3v) is 3.66. The Morgan fingerprint density at radius 3 is 2.71 bits per heavy atom. The maximum absolute atomic E-state index is 12.0. The fourth-order valence-corrected chi connectivity index (χ4v) is 2.36. The number of nitrogens with two attached hydrogens (primary N) is 1. The summed E-state index contributed by atoms with van der Waals surface area (Å²) in [5, 5.41) is 11.0. The van der Waals surface area contributed by atoms with Gasteiger partial charge >= 0.3 is 5.69 Å². The summed E-state index contributed by atoms with van der Waals surface area (Å²) in [7, 11) is 0. The molecule has 1 fully saturated rings. The standard InChI is InChI=1S/C13H19N5O3/c1-2-10(14)13(19)17-7-5-16(6-8-17)11-3-4-15-9-12(11)18(20)21/h3-4,9-10H,2,5-8,14H2,1H3/t10-/m1/s1. The molecule has 1 aromatic heterocycles. The first-order chi connectivity index (χ1) is 10.0. The van der Waals surface area contributed by atoms with Crippen molar-refractivity contribution < 1.29 is 9.72 Å². The average Bonchev–Trinajstić information content (AvgIpc) is 2.53. The number of hydrogen-bond acceptors (Lipinski definition) is 6. The molecule has 0 unspecified atom stereocenters. The normalized spacial score (nSPS) is 16.7. The Morgan fingerprint density at radius 1 is 1.48 bits per heavy atom. The van der Waals surface area contributed by atoms with Crippen LogP contribution < -0.4 is 10.6 Å². The quantitative estimate of drug-likeness (QED) is 0.635. The van der Waals surface area contributed by atoms with Gasteiger partial charge in [0.15, 0.2) is 0 Å². The van der Waals surface area contributed by atoms with Crippen molar-refractivity contribution in [1.82, 2.24) is 9.88 Å². The zero-order valence-electron chi connectivity index (χ0n) is 11.9. The molecule has 114 valence electrons. The van der Waals surface area contributed by atoms with Crippen molar-refractivity contribution in [2.45, 2.75) is 19.4 Å². The Hall–Kier alpha value is -2.22. The highest BCUT2D eigenvalue weighted by Gasteiger charge is 2.27. The first-order valence-corrected chi connectivity index (χ1v) is 6.92. The zero-order valence-corrected chi connectivity index (χ0v) is 11.9. The predicted octanol–water partition coefficient (Wildman–Crippen LogP) is 0.376. The van der Waals surface area contributed by atoms with Crippen LogP contribution in [0, 0.1) is 10.1 Å². The fourth-order valence-electron chi connectivity index (χ4n) is 2.36. The van der Waals surface area contributed by atoms with Gasteiger partial charge in [-0.05, 0) is 12.5 Å². The third kappa shape index (κ3) is 3.27. The molecule has 0 bridgehead atoms. The van der Waals surface area contributed by atoms with E-state index in [9.17, 15) is 14.9 Å². The molecule has 0 radical (unpaired) electrons. The monoisotopic (exact) mass is 293 g/mol. The van der Waals surface area contributed by atoms with Gasteiger partial charge in [-0.2, -0.15) is 0 Å². The van der Waals surface area contributed by atoms with E-state index in [0.29, 0.717) is 38.3 Å². The first kappa shape index (κ1) is 15.2. The molecule has 1 saturated heterocycles. The molecule has 1 amide bonds. The Labute approximate surface area is 122 Å². The Bertz CT molecular complexity index is 528. The summed E-state index contributed by atoms with van der Waals surface area (Å²) in [4.78, 5) is 30.0. The number of nitro groups is 1. The number of pyridine rings is 1. The highest BCUT2D eigenvalue weighted by Crippen LogP contribution is 2.27. The van der Waals surface area contributed by atoms with Crippen molar-refractivity contribution in [3.8, 4) is 0 Å². The van der Waals surface area contributed by atoms with E-state index in [1.54, 1.807) is 11.0 Å². The van der Waals surface area contributed by atoms with Gasteiger partial charge in [0.2, 0.25) is 5.91 Å². The molecule has 2 heterocycles. The smallest absolute Gasteiger partial charge is 0.310 e. The molecule has 1 atom stereocenters. The number of amides is 1. The topological polar surface area (TPSA) is 106 Å². The van der Waals surface area contributed by atoms with E-state index < -0.39 is 11.0 Å². The maximum Gasteiger partial charge on any atom is 0.310 e. The summed E-state index contributed by atoms with van der Waals surface area (Å²) >= 11 is 0. The Kier molecular flexibility index (Phi) is 4.69. The highest BCUT2D eigenvalue weighted by molar-refractivity contribution is 5.82. The van der Waals surface area contributed by atoms with Gasteiger partial charge in [0, 0.05) is 32.4 Å². The van der Waals surface area contributed by atoms with Crippen molar-refractivity contribution in [3.63, 3.8) is 0 Å². The molecule has 2 N–H and O–H groups in total. The van der Waals surface area contributed by atoms with E-state index in [0.717, 1.165) is 0 Å². The molecule has 0 aromatic carbocycles. The molecule has 21 heavy (non-hydrogen) atoms. The molecule has 1 aromatic rings. The van der Waals surface area contributed by atoms with Crippen LogP contribution in [0.25, 0.3) is 0 Å². The van der Waals surface area contributed by atoms with Crippen LogP contribution in [0.5, 0.6) is 0 Å². The van der Waals surface area contributed by atoms with E-state index in [1.807, 2.05) is 11.8 Å². The molecular weight excluding hydrogens is 274 g/mol. The number of rotatable bonds is 4. The number of carbonyl (C=O) groups excluding carboxylic acids is 1. The lowest BCUT2D eigenvalue weighted by atomic mass is 10.2. The number of anilines is 1. The lowest BCUT2D eigenvalue weighted by Crippen LogP contribution is -2.53. The molecule has 8 heteroatoms. The second kappa shape index (κ2) is 6.49. The van der Waals surface area contributed by atoms with E-state index >= 15 is 0 Å². The van der Waals surface area contributed by atoms with E-state index in [2.05, 4.69) is 4.98 Å². The Morgan fingerprint density at radius 2 is 2.14 bits per heavy atom. The second-order valence-electron chi connectivity index (χ2n) is 4.95. The van der Waals surface area contributed by atoms with Gasteiger partial charge in [0.25, 0.3) is 0 Å². The van der Waals surface area contributed by atoms with E-state index in [1.165, 1.54) is 12.4 Å². The predicted molar refractivity (Wildman–Crippen MR) is 78.0 cm³/mol. The third-order valence-electron chi connectivity index (χ3n) is 3.66. The summed E-state index contributed by atoms with van der Waals surface area (Å²) in [5.41, 5.74) is 6.29. The van der Waals surface area contributed by atoms with Gasteiger partial charge in [0.05, 0.1) is 11.0 Å². The Balaban J connectivity index is 2.05. The first-order valence-electron chi connectivity index (χ1n) is 6.92. The largest absolute Gasteiger partial charge is 0.362 e. The van der Waals surface area contributed by atoms with Crippen molar-refractivity contribution in [2.75, 3.05) is 31.1 Å². The average molecular weight is 293 g/mol. The molecule has 2 rings (SSSR count). The van der Waals surface area contributed by atoms with Gasteiger partial charge in [0.1, 0.15) is 11.9 Å². The van der Waals surface area contributed by atoms with Crippen molar-refractivity contribution in [1.29, 1.82) is 0 Å².